The normalized spacial score (nSPS) is 17.0. The predicted molar refractivity (Wildman–Crippen MR) is 90.9 cm³/mol. The number of amides is 1. The van der Waals surface area contributed by atoms with Crippen LogP contribution in [0.4, 0.5) is 0 Å². The van der Waals surface area contributed by atoms with Gasteiger partial charge in [0, 0.05) is 18.3 Å². The molecule has 0 saturated carbocycles. The molecular formula is C18H19N5O3. The van der Waals surface area contributed by atoms with Gasteiger partial charge in [-0.05, 0) is 38.8 Å². The van der Waals surface area contributed by atoms with Crippen molar-refractivity contribution in [3.8, 4) is 11.5 Å². The van der Waals surface area contributed by atoms with Crippen LogP contribution in [0.1, 0.15) is 41.8 Å². The van der Waals surface area contributed by atoms with Crippen molar-refractivity contribution in [3.63, 3.8) is 0 Å². The first-order valence-electron chi connectivity index (χ1n) is 8.59. The Hall–Kier alpha value is -3.03. The summed E-state index contributed by atoms with van der Waals surface area (Å²) in [6, 6.07) is 5.32. The van der Waals surface area contributed by atoms with Gasteiger partial charge in [-0.3, -0.25) is 9.78 Å². The minimum absolute atomic E-state index is 0.0134. The first-order valence-corrected chi connectivity index (χ1v) is 8.59. The summed E-state index contributed by atoms with van der Waals surface area (Å²) >= 11 is 0. The van der Waals surface area contributed by atoms with E-state index in [1.54, 1.807) is 6.20 Å². The van der Waals surface area contributed by atoms with E-state index < -0.39 is 0 Å². The average Bonchev–Trinajstić information content (AvgIpc) is 3.38. The zero-order chi connectivity index (χ0) is 18.1. The number of carbonyl (C=O) groups excluding carboxylic acids is 1. The van der Waals surface area contributed by atoms with Crippen LogP contribution in [0, 0.1) is 13.8 Å². The Morgan fingerprint density at radius 1 is 1.27 bits per heavy atom. The molecule has 134 valence electrons. The van der Waals surface area contributed by atoms with Crippen LogP contribution in [0.5, 0.6) is 0 Å². The van der Waals surface area contributed by atoms with Gasteiger partial charge in [-0.25, -0.2) is 0 Å². The number of aromatic nitrogens is 4. The lowest BCUT2D eigenvalue weighted by molar-refractivity contribution is -0.131. The minimum atomic E-state index is -0.201. The Morgan fingerprint density at radius 2 is 2.15 bits per heavy atom. The first kappa shape index (κ1) is 16.4. The highest BCUT2D eigenvalue weighted by Crippen LogP contribution is 2.32. The van der Waals surface area contributed by atoms with Gasteiger partial charge in [0.25, 0.3) is 0 Å². The fourth-order valence-corrected chi connectivity index (χ4v) is 3.30. The van der Waals surface area contributed by atoms with Crippen LogP contribution in [0.3, 0.4) is 0 Å². The van der Waals surface area contributed by atoms with E-state index in [-0.39, 0.29) is 18.4 Å². The van der Waals surface area contributed by atoms with Gasteiger partial charge in [-0.15, -0.1) is 0 Å². The molecule has 0 aromatic carbocycles. The van der Waals surface area contributed by atoms with Gasteiger partial charge in [-0.1, -0.05) is 16.4 Å². The molecule has 1 saturated heterocycles. The van der Waals surface area contributed by atoms with Crippen LogP contribution in [-0.4, -0.2) is 37.6 Å². The molecule has 8 nitrogen and oxygen atoms in total. The summed E-state index contributed by atoms with van der Waals surface area (Å²) < 4.78 is 10.6. The van der Waals surface area contributed by atoms with E-state index in [0.29, 0.717) is 29.7 Å². The fourth-order valence-electron chi connectivity index (χ4n) is 3.30. The lowest BCUT2D eigenvalue weighted by Crippen LogP contribution is -2.32. The summed E-state index contributed by atoms with van der Waals surface area (Å²) in [6.45, 7) is 4.34. The third kappa shape index (κ3) is 2.98. The zero-order valence-corrected chi connectivity index (χ0v) is 14.7. The van der Waals surface area contributed by atoms with E-state index in [1.807, 2.05) is 36.9 Å². The Kier molecular flexibility index (Phi) is 4.24. The fraction of sp³-hybridized carbons (Fsp3) is 0.389. The predicted octanol–water partition coefficient (Wildman–Crippen LogP) is 2.64. The maximum absolute atomic E-state index is 12.8. The van der Waals surface area contributed by atoms with Gasteiger partial charge in [0.15, 0.2) is 0 Å². The molecule has 0 spiro atoms. The largest absolute Gasteiger partial charge is 0.361 e. The Balaban J connectivity index is 1.53. The molecule has 1 fully saturated rings. The molecule has 26 heavy (non-hydrogen) atoms. The van der Waals surface area contributed by atoms with Crippen LogP contribution in [0.2, 0.25) is 0 Å². The van der Waals surface area contributed by atoms with Crippen molar-refractivity contribution in [3.05, 3.63) is 47.3 Å². The number of pyridine rings is 1. The van der Waals surface area contributed by atoms with E-state index >= 15 is 0 Å². The van der Waals surface area contributed by atoms with E-state index in [4.69, 9.17) is 9.05 Å². The number of carbonyl (C=O) groups is 1. The highest BCUT2D eigenvalue weighted by atomic mass is 16.5. The SMILES string of the molecule is Cc1noc(C)c1CC(=O)N1CCC[C@H]1c1nc(-c2ccccn2)no1. The average molecular weight is 353 g/mol. The first-order chi connectivity index (χ1) is 12.6. The lowest BCUT2D eigenvalue weighted by atomic mass is 10.1. The van der Waals surface area contributed by atoms with Crippen molar-refractivity contribution >= 4 is 5.91 Å². The summed E-state index contributed by atoms with van der Waals surface area (Å²) in [5, 5.41) is 7.93. The van der Waals surface area contributed by atoms with E-state index in [9.17, 15) is 4.79 Å². The van der Waals surface area contributed by atoms with Crippen LogP contribution in [0.25, 0.3) is 11.5 Å². The molecule has 4 heterocycles. The number of hydrogen-bond acceptors (Lipinski definition) is 7. The molecule has 8 heteroatoms. The van der Waals surface area contributed by atoms with Crippen LogP contribution in [-0.2, 0) is 11.2 Å². The minimum Gasteiger partial charge on any atom is -0.361 e. The highest BCUT2D eigenvalue weighted by Gasteiger charge is 2.34. The van der Waals surface area contributed by atoms with Crippen LogP contribution in [0.15, 0.2) is 33.4 Å². The van der Waals surface area contributed by atoms with E-state index in [0.717, 1.165) is 24.1 Å². The van der Waals surface area contributed by atoms with Crippen molar-refractivity contribution in [2.24, 2.45) is 0 Å². The van der Waals surface area contributed by atoms with E-state index in [1.165, 1.54) is 0 Å². The van der Waals surface area contributed by atoms with Gasteiger partial charge < -0.3 is 13.9 Å². The van der Waals surface area contributed by atoms with Crippen molar-refractivity contribution in [1.29, 1.82) is 0 Å². The summed E-state index contributed by atoms with van der Waals surface area (Å²) in [6.07, 6.45) is 3.65. The molecule has 1 atom stereocenters. The summed E-state index contributed by atoms with van der Waals surface area (Å²) in [5.41, 5.74) is 2.25. The van der Waals surface area contributed by atoms with Crippen molar-refractivity contribution in [1.82, 2.24) is 25.2 Å². The Morgan fingerprint density at radius 3 is 2.88 bits per heavy atom. The van der Waals surface area contributed by atoms with Crippen molar-refractivity contribution in [2.45, 2.75) is 39.2 Å². The van der Waals surface area contributed by atoms with Crippen LogP contribution < -0.4 is 0 Å². The van der Waals surface area contributed by atoms with Crippen molar-refractivity contribution in [2.75, 3.05) is 6.54 Å². The summed E-state index contributed by atoms with van der Waals surface area (Å²) in [7, 11) is 0. The second kappa shape index (κ2) is 6.70. The molecule has 0 unspecified atom stereocenters. The summed E-state index contributed by atoms with van der Waals surface area (Å²) in [4.78, 5) is 23.3. The quantitative estimate of drug-likeness (QED) is 0.711. The van der Waals surface area contributed by atoms with Gasteiger partial charge in [0.2, 0.25) is 17.6 Å². The number of rotatable bonds is 4. The molecular weight excluding hydrogens is 334 g/mol. The second-order valence-corrected chi connectivity index (χ2v) is 6.40. The molecule has 3 aromatic rings. The topological polar surface area (TPSA) is 98.2 Å². The molecule has 4 rings (SSSR count). The molecule has 1 amide bonds. The summed E-state index contributed by atoms with van der Waals surface area (Å²) in [5.74, 6) is 1.59. The van der Waals surface area contributed by atoms with Crippen molar-refractivity contribution < 1.29 is 13.8 Å². The number of likely N-dealkylation sites (tertiary alicyclic amines) is 1. The second-order valence-electron chi connectivity index (χ2n) is 6.40. The molecule has 1 aliphatic heterocycles. The zero-order valence-electron chi connectivity index (χ0n) is 14.7. The third-order valence-corrected chi connectivity index (χ3v) is 4.70. The third-order valence-electron chi connectivity index (χ3n) is 4.70. The monoisotopic (exact) mass is 353 g/mol. The Bertz CT molecular complexity index is 899. The van der Waals surface area contributed by atoms with E-state index in [2.05, 4.69) is 20.3 Å². The molecule has 0 aliphatic carbocycles. The van der Waals surface area contributed by atoms with Gasteiger partial charge in [0.05, 0.1) is 12.1 Å². The van der Waals surface area contributed by atoms with Gasteiger partial charge in [0.1, 0.15) is 17.5 Å². The molecule has 1 aliphatic rings. The lowest BCUT2D eigenvalue weighted by Gasteiger charge is -2.21. The maximum Gasteiger partial charge on any atom is 0.249 e. The smallest absolute Gasteiger partial charge is 0.249 e. The van der Waals surface area contributed by atoms with Gasteiger partial charge >= 0.3 is 0 Å². The number of nitrogens with zero attached hydrogens (tertiary/aromatic N) is 5. The Labute approximate surface area is 150 Å². The maximum atomic E-state index is 12.8. The molecule has 3 aromatic heterocycles. The number of aryl methyl sites for hydroxylation is 2. The molecule has 0 N–H and O–H groups in total. The van der Waals surface area contributed by atoms with Crippen LogP contribution >= 0.6 is 0 Å². The molecule has 0 radical (unpaired) electrons. The standard InChI is InChI=1S/C18H19N5O3/c1-11-13(12(2)25-21-11)10-16(24)23-9-5-7-15(23)18-20-17(22-26-18)14-6-3-4-8-19-14/h3-4,6,8,15H,5,7,9-10H2,1-2H3/t15-/m0/s1. The number of hydrogen-bond donors (Lipinski definition) is 0. The van der Waals surface area contributed by atoms with Gasteiger partial charge in [-0.2, -0.15) is 4.98 Å². The highest BCUT2D eigenvalue weighted by molar-refractivity contribution is 5.79. The molecule has 0 bridgehead atoms.